The summed E-state index contributed by atoms with van der Waals surface area (Å²) in [5.41, 5.74) is 1.69. The third kappa shape index (κ3) is 5.54. The Morgan fingerprint density at radius 1 is 1.12 bits per heavy atom. The van der Waals surface area contributed by atoms with Gasteiger partial charge >= 0.3 is 0 Å². The Labute approximate surface area is 100 Å². The van der Waals surface area contributed by atoms with E-state index in [-0.39, 0.29) is 5.78 Å². The van der Waals surface area contributed by atoms with Gasteiger partial charge in [-0.2, -0.15) is 0 Å². The van der Waals surface area contributed by atoms with Crippen molar-refractivity contribution in [1.29, 1.82) is 0 Å². The maximum Gasteiger partial charge on any atom is 0.164 e. The normalized spacial score (nSPS) is 7.88. The minimum atomic E-state index is 0.181. The molecular formula is C14H25NO. The second-order valence-electron chi connectivity index (χ2n) is 2.57. The lowest BCUT2D eigenvalue weighted by Crippen LogP contribution is -2.01. The third-order valence-electron chi connectivity index (χ3n) is 1.82. The summed E-state index contributed by atoms with van der Waals surface area (Å²) in [6, 6.07) is 7.54. The molecule has 0 atom stereocenters. The molecule has 92 valence electrons. The number of benzene rings is 1. The van der Waals surface area contributed by atoms with Crippen LogP contribution in [0.4, 0.5) is 5.69 Å². The molecular weight excluding hydrogens is 198 g/mol. The van der Waals surface area contributed by atoms with Crippen LogP contribution in [-0.4, -0.2) is 12.8 Å². The van der Waals surface area contributed by atoms with Gasteiger partial charge in [-0.05, 0) is 12.1 Å². The Morgan fingerprint density at radius 2 is 1.62 bits per heavy atom. The number of Topliss-reactive ketones (excluding diaryl/α,β-unsaturated/α-hetero) is 1. The Kier molecular flexibility index (Phi) is 12.6. The topological polar surface area (TPSA) is 29.1 Å². The van der Waals surface area contributed by atoms with Crippen LogP contribution in [0.15, 0.2) is 24.3 Å². The highest BCUT2D eigenvalue weighted by Gasteiger charge is 2.06. The fourth-order valence-electron chi connectivity index (χ4n) is 1.13. The zero-order valence-electron chi connectivity index (χ0n) is 11.4. The summed E-state index contributed by atoms with van der Waals surface area (Å²) in [5, 5.41) is 2.99. The second kappa shape index (κ2) is 11.8. The number of carbonyl (C=O) groups excluding carboxylic acids is 1. The monoisotopic (exact) mass is 223 g/mol. The van der Waals surface area contributed by atoms with Gasteiger partial charge in [-0.15, -0.1) is 0 Å². The Bertz CT molecular complexity index is 282. The summed E-state index contributed by atoms with van der Waals surface area (Å²) >= 11 is 0. The highest BCUT2D eigenvalue weighted by Crippen LogP contribution is 2.15. The summed E-state index contributed by atoms with van der Waals surface area (Å²) in [7, 11) is 1.82. The molecule has 0 aliphatic rings. The molecule has 1 N–H and O–H groups in total. The minimum Gasteiger partial charge on any atom is -0.388 e. The van der Waals surface area contributed by atoms with Crippen LogP contribution in [0.2, 0.25) is 0 Å². The van der Waals surface area contributed by atoms with E-state index in [0.29, 0.717) is 6.42 Å². The molecule has 0 fully saturated rings. The van der Waals surface area contributed by atoms with Crippen molar-refractivity contribution >= 4 is 11.5 Å². The fourth-order valence-corrected chi connectivity index (χ4v) is 1.13. The first-order valence-corrected chi connectivity index (χ1v) is 6.09. The Hall–Kier alpha value is -1.31. The molecule has 0 saturated carbocycles. The van der Waals surface area contributed by atoms with Gasteiger partial charge in [-0.25, -0.2) is 0 Å². The van der Waals surface area contributed by atoms with Gasteiger partial charge in [0.05, 0.1) is 0 Å². The van der Waals surface area contributed by atoms with E-state index >= 15 is 0 Å². The number of hydrogen-bond acceptors (Lipinski definition) is 2. The van der Waals surface area contributed by atoms with Crippen molar-refractivity contribution < 1.29 is 4.79 Å². The van der Waals surface area contributed by atoms with Crippen molar-refractivity contribution in [3.05, 3.63) is 29.8 Å². The van der Waals surface area contributed by atoms with Gasteiger partial charge in [-0.1, -0.05) is 46.8 Å². The maximum atomic E-state index is 11.4. The van der Waals surface area contributed by atoms with Crippen molar-refractivity contribution in [2.75, 3.05) is 12.4 Å². The smallest absolute Gasteiger partial charge is 0.164 e. The van der Waals surface area contributed by atoms with Crippen molar-refractivity contribution in [1.82, 2.24) is 0 Å². The lowest BCUT2D eigenvalue weighted by atomic mass is 10.1. The van der Waals surface area contributed by atoms with Crippen molar-refractivity contribution in [2.24, 2.45) is 0 Å². The van der Waals surface area contributed by atoms with Crippen LogP contribution in [0.5, 0.6) is 0 Å². The molecule has 0 unspecified atom stereocenters. The Morgan fingerprint density at radius 3 is 2.06 bits per heavy atom. The first-order valence-electron chi connectivity index (χ1n) is 6.09. The summed E-state index contributed by atoms with van der Waals surface area (Å²) in [6.07, 6.45) is 0.554. The number of hydrogen-bond donors (Lipinski definition) is 1. The van der Waals surface area contributed by atoms with E-state index in [9.17, 15) is 4.79 Å². The van der Waals surface area contributed by atoms with E-state index in [1.807, 2.05) is 65.9 Å². The van der Waals surface area contributed by atoms with Crippen LogP contribution in [0, 0.1) is 0 Å². The van der Waals surface area contributed by atoms with Crippen molar-refractivity contribution in [3.8, 4) is 0 Å². The predicted octanol–water partition coefficient (Wildman–Crippen LogP) is 4.37. The number of ketones is 1. The zero-order chi connectivity index (χ0) is 13.0. The lowest BCUT2D eigenvalue weighted by Gasteiger charge is -2.05. The number of nitrogens with one attached hydrogen (secondary N) is 1. The third-order valence-corrected chi connectivity index (χ3v) is 1.82. The minimum absolute atomic E-state index is 0.181. The summed E-state index contributed by atoms with van der Waals surface area (Å²) < 4.78 is 0. The molecule has 0 spiro atoms. The molecule has 0 aromatic heterocycles. The molecule has 0 bridgehead atoms. The van der Waals surface area contributed by atoms with Crippen LogP contribution in [-0.2, 0) is 0 Å². The van der Waals surface area contributed by atoms with Crippen LogP contribution in [0.1, 0.15) is 51.4 Å². The number of anilines is 1. The van der Waals surface area contributed by atoms with Crippen LogP contribution >= 0.6 is 0 Å². The molecule has 0 amide bonds. The summed E-state index contributed by atoms with van der Waals surface area (Å²) in [4.78, 5) is 11.4. The summed E-state index contributed by atoms with van der Waals surface area (Å²) in [6.45, 7) is 9.87. The number of rotatable bonds is 3. The van der Waals surface area contributed by atoms with Gasteiger partial charge in [-0.3, -0.25) is 4.79 Å². The second-order valence-corrected chi connectivity index (χ2v) is 2.57. The first-order chi connectivity index (χ1) is 7.79. The molecule has 0 radical (unpaired) electrons. The number of carbonyl (C=O) groups is 1. The lowest BCUT2D eigenvalue weighted by molar-refractivity contribution is 0.0989. The van der Waals surface area contributed by atoms with Gasteiger partial charge < -0.3 is 5.32 Å². The molecule has 0 saturated heterocycles. The van der Waals surface area contributed by atoms with Gasteiger partial charge in [0.15, 0.2) is 5.78 Å². The van der Waals surface area contributed by atoms with Crippen molar-refractivity contribution in [3.63, 3.8) is 0 Å². The fraction of sp³-hybridized carbons (Fsp3) is 0.500. The van der Waals surface area contributed by atoms with Gasteiger partial charge in [0, 0.05) is 24.7 Å². The van der Waals surface area contributed by atoms with E-state index in [1.165, 1.54) is 0 Å². The van der Waals surface area contributed by atoms with Gasteiger partial charge in [0.2, 0.25) is 0 Å². The molecule has 0 aliphatic carbocycles. The quantitative estimate of drug-likeness (QED) is 0.771. The SMILES string of the molecule is CC.CC.CCC(=O)c1ccccc1NC. The van der Waals surface area contributed by atoms with Crippen molar-refractivity contribution in [2.45, 2.75) is 41.0 Å². The molecule has 16 heavy (non-hydrogen) atoms. The van der Waals surface area contributed by atoms with Gasteiger partial charge in [0.25, 0.3) is 0 Å². The van der Waals surface area contributed by atoms with E-state index in [1.54, 1.807) is 0 Å². The van der Waals surface area contributed by atoms with Crippen LogP contribution < -0.4 is 5.32 Å². The molecule has 1 rings (SSSR count). The highest BCUT2D eigenvalue weighted by atomic mass is 16.1. The van der Waals surface area contributed by atoms with Crippen LogP contribution in [0.3, 0.4) is 0 Å². The predicted molar refractivity (Wildman–Crippen MR) is 73.3 cm³/mol. The Balaban J connectivity index is 0. The first kappa shape index (κ1) is 17.1. The average molecular weight is 223 g/mol. The molecule has 2 heteroatoms. The molecule has 0 heterocycles. The van der Waals surface area contributed by atoms with Crippen LogP contribution in [0.25, 0.3) is 0 Å². The molecule has 2 nitrogen and oxygen atoms in total. The highest BCUT2D eigenvalue weighted by molar-refractivity contribution is 6.00. The largest absolute Gasteiger partial charge is 0.388 e. The molecule has 1 aromatic carbocycles. The van der Waals surface area contributed by atoms with E-state index in [2.05, 4.69) is 5.32 Å². The number of para-hydroxylation sites is 1. The van der Waals surface area contributed by atoms with Gasteiger partial charge in [0.1, 0.15) is 0 Å². The van der Waals surface area contributed by atoms with E-state index < -0.39 is 0 Å². The zero-order valence-corrected chi connectivity index (χ0v) is 11.4. The van der Waals surface area contributed by atoms with E-state index in [4.69, 9.17) is 0 Å². The molecule has 0 aliphatic heterocycles. The summed E-state index contributed by atoms with van der Waals surface area (Å²) in [5.74, 6) is 0.181. The average Bonchev–Trinajstić information content (AvgIpc) is 2.42. The van der Waals surface area contributed by atoms with E-state index in [0.717, 1.165) is 11.3 Å². The molecule has 1 aromatic rings. The standard InChI is InChI=1S/C10H13NO.2C2H6/c1-3-10(12)8-6-4-5-7-9(8)11-2;2*1-2/h4-7,11H,3H2,1-2H3;2*1-2H3. The maximum absolute atomic E-state index is 11.4.